The predicted molar refractivity (Wildman–Crippen MR) is 74.4 cm³/mol. The van der Waals surface area contributed by atoms with Crippen molar-refractivity contribution in [2.24, 2.45) is 5.73 Å². The van der Waals surface area contributed by atoms with Crippen molar-refractivity contribution in [3.8, 4) is 22.6 Å². The van der Waals surface area contributed by atoms with E-state index in [-0.39, 0.29) is 0 Å². The summed E-state index contributed by atoms with van der Waals surface area (Å²) >= 11 is 0. The minimum Gasteiger partial charge on any atom is -0.490 e. The normalized spacial score (nSPS) is 10.5. The minimum atomic E-state index is 0.375. The van der Waals surface area contributed by atoms with Crippen molar-refractivity contribution in [3.05, 3.63) is 36.3 Å². The zero-order valence-electron chi connectivity index (χ0n) is 11.3. The van der Waals surface area contributed by atoms with E-state index >= 15 is 0 Å². The molecule has 0 aliphatic carbocycles. The second kappa shape index (κ2) is 6.29. The third-order valence-electron chi connectivity index (χ3n) is 2.79. The average Bonchev–Trinajstić information content (AvgIpc) is 2.89. The van der Waals surface area contributed by atoms with Gasteiger partial charge in [-0.25, -0.2) is 0 Å². The van der Waals surface area contributed by atoms with Crippen molar-refractivity contribution < 1.29 is 13.9 Å². The molecule has 0 radical (unpaired) electrons. The Kier molecular flexibility index (Phi) is 4.47. The van der Waals surface area contributed by atoms with Crippen LogP contribution in [0.1, 0.15) is 19.6 Å². The lowest BCUT2D eigenvalue weighted by molar-refractivity contribution is 0.288. The molecule has 0 aliphatic heterocycles. The first kappa shape index (κ1) is 13.5. The molecule has 4 nitrogen and oxygen atoms in total. The third-order valence-corrected chi connectivity index (χ3v) is 2.79. The Balaban J connectivity index is 2.39. The lowest BCUT2D eigenvalue weighted by atomic mass is 10.1. The molecule has 0 bridgehead atoms. The number of ether oxygens (including phenoxy) is 2. The second-order valence-corrected chi connectivity index (χ2v) is 3.99. The van der Waals surface area contributed by atoms with Gasteiger partial charge in [0, 0.05) is 5.56 Å². The van der Waals surface area contributed by atoms with Gasteiger partial charge in [-0.05, 0) is 37.6 Å². The van der Waals surface area contributed by atoms with Crippen molar-refractivity contribution in [1.82, 2.24) is 0 Å². The summed E-state index contributed by atoms with van der Waals surface area (Å²) in [6.45, 7) is 5.48. The fraction of sp³-hybridized carbons (Fsp3) is 0.333. The van der Waals surface area contributed by atoms with Gasteiger partial charge in [-0.2, -0.15) is 0 Å². The first-order chi connectivity index (χ1) is 9.30. The molecule has 0 fully saturated rings. The van der Waals surface area contributed by atoms with Gasteiger partial charge in [0.1, 0.15) is 5.76 Å². The van der Waals surface area contributed by atoms with Crippen molar-refractivity contribution in [1.29, 1.82) is 0 Å². The van der Waals surface area contributed by atoms with Crippen LogP contribution in [0.15, 0.2) is 34.9 Å². The van der Waals surface area contributed by atoms with E-state index < -0.39 is 0 Å². The van der Waals surface area contributed by atoms with Gasteiger partial charge in [-0.15, -0.1) is 0 Å². The van der Waals surface area contributed by atoms with Gasteiger partial charge in [-0.3, -0.25) is 0 Å². The van der Waals surface area contributed by atoms with Gasteiger partial charge in [-0.1, -0.05) is 6.07 Å². The molecular weight excluding hydrogens is 242 g/mol. The second-order valence-electron chi connectivity index (χ2n) is 3.99. The number of benzene rings is 1. The molecular formula is C15H19NO3. The molecule has 0 amide bonds. The molecule has 102 valence electrons. The van der Waals surface area contributed by atoms with E-state index in [9.17, 15) is 0 Å². The van der Waals surface area contributed by atoms with E-state index in [4.69, 9.17) is 19.6 Å². The topological polar surface area (TPSA) is 57.6 Å². The van der Waals surface area contributed by atoms with Crippen LogP contribution in [0, 0.1) is 0 Å². The molecule has 1 aromatic carbocycles. The summed E-state index contributed by atoms with van der Waals surface area (Å²) in [5, 5.41) is 0. The smallest absolute Gasteiger partial charge is 0.161 e. The highest BCUT2D eigenvalue weighted by Crippen LogP contribution is 2.34. The quantitative estimate of drug-likeness (QED) is 0.867. The molecule has 0 saturated carbocycles. The molecule has 0 saturated heterocycles. The van der Waals surface area contributed by atoms with Crippen LogP contribution in [0.5, 0.6) is 11.5 Å². The van der Waals surface area contributed by atoms with Crippen LogP contribution in [0.3, 0.4) is 0 Å². The minimum absolute atomic E-state index is 0.375. The van der Waals surface area contributed by atoms with Gasteiger partial charge in [0.2, 0.25) is 0 Å². The van der Waals surface area contributed by atoms with E-state index in [1.165, 1.54) is 0 Å². The maximum absolute atomic E-state index is 5.66. The zero-order valence-corrected chi connectivity index (χ0v) is 11.3. The largest absolute Gasteiger partial charge is 0.490 e. The summed E-state index contributed by atoms with van der Waals surface area (Å²) in [5.74, 6) is 2.27. The summed E-state index contributed by atoms with van der Waals surface area (Å²) in [6.07, 6.45) is 1.65. The first-order valence-corrected chi connectivity index (χ1v) is 6.46. The number of rotatable bonds is 6. The summed E-state index contributed by atoms with van der Waals surface area (Å²) in [7, 11) is 0. The van der Waals surface area contributed by atoms with Crippen LogP contribution in [0.25, 0.3) is 11.1 Å². The first-order valence-electron chi connectivity index (χ1n) is 6.46. The fourth-order valence-corrected chi connectivity index (χ4v) is 1.97. The van der Waals surface area contributed by atoms with E-state index in [2.05, 4.69) is 0 Å². The Morgan fingerprint density at radius 2 is 1.79 bits per heavy atom. The average molecular weight is 261 g/mol. The molecule has 1 heterocycles. The number of hydrogen-bond acceptors (Lipinski definition) is 4. The van der Waals surface area contributed by atoms with Gasteiger partial charge in [0.25, 0.3) is 0 Å². The molecule has 0 atom stereocenters. The molecule has 1 aromatic heterocycles. The Bertz CT molecular complexity index is 534. The predicted octanol–water partition coefficient (Wildman–Crippen LogP) is 3.20. The van der Waals surface area contributed by atoms with Crippen LogP contribution in [0.4, 0.5) is 0 Å². The van der Waals surface area contributed by atoms with Gasteiger partial charge < -0.3 is 19.6 Å². The lowest BCUT2D eigenvalue weighted by Crippen LogP contribution is -1.99. The Labute approximate surface area is 113 Å². The molecule has 2 rings (SSSR count). The Hall–Kier alpha value is -1.94. The molecule has 2 N–H and O–H groups in total. The SMILES string of the molecule is CCOc1ccc(-c2ccoc2CN)cc1OCC. The maximum atomic E-state index is 5.66. The number of hydrogen-bond donors (Lipinski definition) is 1. The van der Waals surface area contributed by atoms with Crippen molar-refractivity contribution in [2.75, 3.05) is 13.2 Å². The van der Waals surface area contributed by atoms with Crippen molar-refractivity contribution in [3.63, 3.8) is 0 Å². The highest BCUT2D eigenvalue weighted by atomic mass is 16.5. The molecule has 0 aliphatic rings. The van der Waals surface area contributed by atoms with Crippen molar-refractivity contribution in [2.45, 2.75) is 20.4 Å². The van der Waals surface area contributed by atoms with Crippen LogP contribution in [0.2, 0.25) is 0 Å². The molecule has 0 spiro atoms. The highest BCUT2D eigenvalue weighted by Gasteiger charge is 2.11. The van der Waals surface area contributed by atoms with Crippen molar-refractivity contribution >= 4 is 0 Å². The standard InChI is InChI=1S/C15H19NO3/c1-3-17-13-6-5-11(9-14(13)18-4-2)12-7-8-19-15(12)10-16/h5-9H,3-4,10,16H2,1-2H3. The molecule has 2 aromatic rings. The summed E-state index contributed by atoms with van der Waals surface area (Å²) < 4.78 is 16.5. The Morgan fingerprint density at radius 3 is 2.47 bits per heavy atom. The fourth-order valence-electron chi connectivity index (χ4n) is 1.97. The molecule has 0 unspecified atom stereocenters. The van der Waals surface area contributed by atoms with E-state index in [0.29, 0.717) is 19.8 Å². The van der Waals surface area contributed by atoms with Crippen LogP contribution < -0.4 is 15.2 Å². The van der Waals surface area contributed by atoms with E-state index in [1.807, 2.05) is 38.1 Å². The van der Waals surface area contributed by atoms with Crippen LogP contribution in [-0.2, 0) is 6.54 Å². The number of nitrogens with two attached hydrogens (primary N) is 1. The van der Waals surface area contributed by atoms with Crippen LogP contribution in [-0.4, -0.2) is 13.2 Å². The third kappa shape index (κ3) is 2.90. The summed E-state index contributed by atoms with van der Waals surface area (Å²) in [5.41, 5.74) is 7.66. The van der Waals surface area contributed by atoms with Crippen LogP contribution >= 0.6 is 0 Å². The van der Waals surface area contributed by atoms with E-state index in [1.54, 1.807) is 6.26 Å². The molecule has 4 heteroatoms. The number of furan rings is 1. The Morgan fingerprint density at radius 1 is 1.05 bits per heavy atom. The highest BCUT2D eigenvalue weighted by molar-refractivity contribution is 5.68. The van der Waals surface area contributed by atoms with Gasteiger partial charge in [0.15, 0.2) is 11.5 Å². The van der Waals surface area contributed by atoms with E-state index in [0.717, 1.165) is 28.4 Å². The molecule has 19 heavy (non-hydrogen) atoms. The van der Waals surface area contributed by atoms with Gasteiger partial charge >= 0.3 is 0 Å². The summed E-state index contributed by atoms with van der Waals surface area (Å²) in [6, 6.07) is 7.76. The monoisotopic (exact) mass is 261 g/mol. The lowest BCUT2D eigenvalue weighted by Gasteiger charge is -2.12. The summed E-state index contributed by atoms with van der Waals surface area (Å²) in [4.78, 5) is 0. The van der Waals surface area contributed by atoms with Gasteiger partial charge in [0.05, 0.1) is 26.0 Å². The maximum Gasteiger partial charge on any atom is 0.161 e. The zero-order chi connectivity index (χ0) is 13.7.